The topological polar surface area (TPSA) is 27.1 Å². The molecule has 2 heterocycles. The van der Waals surface area contributed by atoms with E-state index < -0.39 is 0 Å². The highest BCUT2D eigenvalue weighted by molar-refractivity contribution is 9.10. The molecule has 0 saturated carbocycles. The number of rotatable bonds is 4. The van der Waals surface area contributed by atoms with Crippen LogP contribution < -0.4 is 0 Å². The summed E-state index contributed by atoms with van der Waals surface area (Å²) in [6.07, 6.45) is 2.98. The number of fused-ring (bicyclic) bond motifs is 1. The van der Waals surface area contributed by atoms with Gasteiger partial charge in [0.2, 0.25) is 0 Å². The third-order valence-electron chi connectivity index (χ3n) is 3.60. The molecule has 1 aliphatic heterocycles. The molecule has 1 saturated heterocycles. The molecule has 2 aromatic rings. The number of alkyl halides is 1. The predicted octanol–water partition coefficient (Wildman–Crippen LogP) is 3.90. The summed E-state index contributed by atoms with van der Waals surface area (Å²) in [5, 5.41) is 0. The van der Waals surface area contributed by atoms with Crippen LogP contribution in [0, 0.1) is 5.82 Å². The van der Waals surface area contributed by atoms with Crippen molar-refractivity contribution in [1.82, 2.24) is 9.55 Å². The first-order valence-electron chi connectivity index (χ1n) is 6.71. The summed E-state index contributed by atoms with van der Waals surface area (Å²) in [6, 6.07) is 3.24. The third-order valence-corrected chi connectivity index (χ3v) is 4.39. The normalized spacial score (nSPS) is 19.1. The van der Waals surface area contributed by atoms with Crippen LogP contribution in [0.25, 0.3) is 11.0 Å². The molecule has 1 aromatic heterocycles. The zero-order valence-electron chi connectivity index (χ0n) is 10.9. The number of hydrogen-bond acceptors (Lipinski definition) is 2. The molecule has 0 N–H and O–H groups in total. The highest BCUT2D eigenvalue weighted by Crippen LogP contribution is 2.26. The molecule has 1 aromatic carbocycles. The highest BCUT2D eigenvalue weighted by Gasteiger charge is 2.20. The SMILES string of the molecule is Fc1cc2c(cc1Br)nc(CCCl)n2CC1CCCO1. The molecular formula is C14H15BrClFN2O. The molecule has 3 nitrogen and oxygen atoms in total. The van der Waals surface area contributed by atoms with Crippen LogP contribution in [-0.2, 0) is 17.7 Å². The summed E-state index contributed by atoms with van der Waals surface area (Å²) in [5.41, 5.74) is 1.60. The van der Waals surface area contributed by atoms with Crippen molar-refractivity contribution in [3.63, 3.8) is 0 Å². The molecule has 0 amide bonds. The van der Waals surface area contributed by atoms with Crippen molar-refractivity contribution >= 4 is 38.6 Å². The number of imidazole rings is 1. The fourth-order valence-electron chi connectivity index (χ4n) is 2.64. The molecule has 1 unspecified atom stereocenters. The van der Waals surface area contributed by atoms with Gasteiger partial charge in [0.25, 0.3) is 0 Å². The molecule has 3 rings (SSSR count). The lowest BCUT2D eigenvalue weighted by Crippen LogP contribution is -2.17. The minimum atomic E-state index is -0.275. The van der Waals surface area contributed by atoms with Crippen LogP contribution in [0.15, 0.2) is 16.6 Å². The minimum Gasteiger partial charge on any atom is -0.376 e. The molecule has 20 heavy (non-hydrogen) atoms. The second-order valence-corrected chi connectivity index (χ2v) is 6.20. The van der Waals surface area contributed by atoms with Gasteiger partial charge in [-0.1, -0.05) is 0 Å². The van der Waals surface area contributed by atoms with Gasteiger partial charge in [-0.3, -0.25) is 0 Å². The molecule has 0 radical (unpaired) electrons. The standard InChI is InChI=1S/C14H15BrClFN2O/c15-10-6-12-13(7-11(10)17)19(14(18-12)3-4-16)8-9-2-1-5-20-9/h6-7,9H,1-5,8H2. The maximum Gasteiger partial charge on any atom is 0.139 e. The van der Waals surface area contributed by atoms with E-state index in [1.807, 2.05) is 4.57 Å². The molecule has 1 fully saturated rings. The molecule has 1 atom stereocenters. The molecule has 1 aliphatic rings. The first-order valence-corrected chi connectivity index (χ1v) is 8.03. The van der Waals surface area contributed by atoms with E-state index in [9.17, 15) is 4.39 Å². The second-order valence-electron chi connectivity index (χ2n) is 4.97. The monoisotopic (exact) mass is 360 g/mol. The van der Waals surface area contributed by atoms with Gasteiger partial charge < -0.3 is 9.30 Å². The van der Waals surface area contributed by atoms with Crippen molar-refractivity contribution in [2.45, 2.75) is 31.9 Å². The average Bonchev–Trinajstić information content (AvgIpc) is 3.02. The van der Waals surface area contributed by atoms with Crippen LogP contribution in [0.4, 0.5) is 4.39 Å². The zero-order valence-corrected chi connectivity index (χ0v) is 13.3. The fourth-order valence-corrected chi connectivity index (χ4v) is 3.14. The third kappa shape index (κ3) is 2.71. The van der Waals surface area contributed by atoms with Crippen LogP contribution in [0.1, 0.15) is 18.7 Å². The Morgan fingerprint density at radius 2 is 2.35 bits per heavy atom. The summed E-state index contributed by atoms with van der Waals surface area (Å²) in [6.45, 7) is 1.52. The Morgan fingerprint density at radius 3 is 3.05 bits per heavy atom. The lowest BCUT2D eigenvalue weighted by Gasteiger charge is -2.13. The van der Waals surface area contributed by atoms with Gasteiger partial charge in [0.05, 0.1) is 28.2 Å². The van der Waals surface area contributed by atoms with Gasteiger partial charge >= 0.3 is 0 Å². The van der Waals surface area contributed by atoms with Gasteiger partial charge in [-0.2, -0.15) is 0 Å². The van der Waals surface area contributed by atoms with Gasteiger partial charge in [0, 0.05) is 25.0 Å². The number of halogens is 3. The van der Waals surface area contributed by atoms with Crippen molar-refractivity contribution in [2.75, 3.05) is 12.5 Å². The lowest BCUT2D eigenvalue weighted by molar-refractivity contribution is 0.0972. The first kappa shape index (κ1) is 14.3. The Bertz CT molecular complexity index is 625. The van der Waals surface area contributed by atoms with Crippen LogP contribution in [0.5, 0.6) is 0 Å². The van der Waals surface area contributed by atoms with E-state index in [0.29, 0.717) is 23.3 Å². The first-order chi connectivity index (χ1) is 9.69. The van der Waals surface area contributed by atoms with Crippen LogP contribution in [0.3, 0.4) is 0 Å². The smallest absolute Gasteiger partial charge is 0.139 e. The number of ether oxygens (including phenoxy) is 1. The van der Waals surface area contributed by atoms with Crippen LogP contribution in [0.2, 0.25) is 0 Å². The number of hydrogen-bond donors (Lipinski definition) is 0. The van der Waals surface area contributed by atoms with Crippen molar-refractivity contribution in [3.05, 3.63) is 28.2 Å². The van der Waals surface area contributed by atoms with Crippen molar-refractivity contribution in [2.24, 2.45) is 0 Å². The quantitative estimate of drug-likeness (QED) is 0.772. The Labute approximate surface area is 130 Å². The van der Waals surface area contributed by atoms with Crippen molar-refractivity contribution < 1.29 is 9.13 Å². The van der Waals surface area contributed by atoms with Gasteiger partial charge in [0.1, 0.15) is 11.6 Å². The molecule has 0 bridgehead atoms. The fraction of sp³-hybridized carbons (Fsp3) is 0.500. The highest BCUT2D eigenvalue weighted by atomic mass is 79.9. The summed E-state index contributed by atoms with van der Waals surface area (Å²) >= 11 is 9.05. The largest absolute Gasteiger partial charge is 0.376 e. The molecule has 0 spiro atoms. The summed E-state index contributed by atoms with van der Waals surface area (Å²) in [5.74, 6) is 1.12. The maximum absolute atomic E-state index is 13.8. The molecule has 6 heteroatoms. The summed E-state index contributed by atoms with van der Waals surface area (Å²) in [7, 11) is 0. The number of aromatic nitrogens is 2. The molecule has 0 aliphatic carbocycles. The lowest BCUT2D eigenvalue weighted by atomic mass is 10.2. The van der Waals surface area contributed by atoms with Gasteiger partial charge in [0.15, 0.2) is 0 Å². The second kappa shape index (κ2) is 6.00. The van der Waals surface area contributed by atoms with E-state index in [1.165, 1.54) is 6.07 Å². The summed E-state index contributed by atoms with van der Waals surface area (Å²) in [4.78, 5) is 4.57. The zero-order chi connectivity index (χ0) is 14.1. The number of aryl methyl sites for hydroxylation is 1. The summed E-state index contributed by atoms with van der Waals surface area (Å²) < 4.78 is 21.9. The van der Waals surface area contributed by atoms with E-state index in [4.69, 9.17) is 16.3 Å². The Kier molecular flexibility index (Phi) is 4.29. The van der Waals surface area contributed by atoms with Gasteiger partial charge in [-0.25, -0.2) is 9.37 Å². The van der Waals surface area contributed by atoms with Crippen molar-refractivity contribution in [1.29, 1.82) is 0 Å². The average molecular weight is 362 g/mol. The Balaban J connectivity index is 2.04. The van der Waals surface area contributed by atoms with Crippen molar-refractivity contribution in [3.8, 4) is 0 Å². The Morgan fingerprint density at radius 1 is 1.50 bits per heavy atom. The minimum absolute atomic E-state index is 0.188. The van der Waals surface area contributed by atoms with E-state index in [2.05, 4.69) is 20.9 Å². The van der Waals surface area contributed by atoms with E-state index in [1.54, 1.807) is 6.07 Å². The molecule has 108 valence electrons. The Hall–Kier alpha value is -0.650. The predicted molar refractivity (Wildman–Crippen MR) is 80.8 cm³/mol. The van der Waals surface area contributed by atoms with Gasteiger partial charge in [-0.05, 0) is 34.8 Å². The van der Waals surface area contributed by atoms with Crippen LogP contribution in [-0.4, -0.2) is 28.1 Å². The van der Waals surface area contributed by atoms with E-state index in [-0.39, 0.29) is 11.9 Å². The number of nitrogens with zero attached hydrogens (tertiary/aromatic N) is 2. The van der Waals surface area contributed by atoms with Crippen LogP contribution >= 0.6 is 27.5 Å². The van der Waals surface area contributed by atoms with E-state index in [0.717, 1.165) is 36.3 Å². The van der Waals surface area contributed by atoms with Gasteiger partial charge in [-0.15, -0.1) is 11.6 Å². The molecular weight excluding hydrogens is 347 g/mol. The van der Waals surface area contributed by atoms with E-state index >= 15 is 0 Å². The maximum atomic E-state index is 13.8. The number of benzene rings is 1.